The van der Waals surface area contributed by atoms with Crippen LogP contribution in [0, 0.1) is 17.1 Å². The fourth-order valence-electron chi connectivity index (χ4n) is 2.79. The van der Waals surface area contributed by atoms with Gasteiger partial charge in [0.15, 0.2) is 0 Å². The van der Waals surface area contributed by atoms with Gasteiger partial charge in [0.25, 0.3) is 0 Å². The van der Waals surface area contributed by atoms with E-state index in [-0.39, 0.29) is 5.82 Å². The van der Waals surface area contributed by atoms with Crippen LogP contribution in [0.2, 0.25) is 0 Å². The van der Waals surface area contributed by atoms with E-state index in [2.05, 4.69) is 16.4 Å². The molecule has 0 fully saturated rings. The van der Waals surface area contributed by atoms with Crippen molar-refractivity contribution < 1.29 is 4.39 Å². The van der Waals surface area contributed by atoms with Crippen molar-refractivity contribution in [1.29, 1.82) is 5.26 Å². The minimum Gasteiger partial charge on any atom is -0.360 e. The Hall–Kier alpha value is -3.49. The van der Waals surface area contributed by atoms with E-state index in [1.807, 2.05) is 47.8 Å². The summed E-state index contributed by atoms with van der Waals surface area (Å²) in [5, 5.41) is 17.5. The molecule has 130 valence electrons. The monoisotopic (exact) mass is 371 g/mol. The Morgan fingerprint density at radius 3 is 2.63 bits per heavy atom. The fourth-order valence-corrected chi connectivity index (χ4v) is 3.59. The van der Waals surface area contributed by atoms with E-state index < -0.39 is 0 Å². The van der Waals surface area contributed by atoms with Gasteiger partial charge in [0.05, 0.1) is 5.69 Å². The summed E-state index contributed by atoms with van der Waals surface area (Å²) in [6, 6.07) is 22.4. The SMILES string of the molecule is N#C/C(=C/Nc1cccc2ccccc12)c1nc(-c2ccc(F)cc2)cs1. The van der Waals surface area contributed by atoms with E-state index in [0.717, 1.165) is 27.7 Å². The average molecular weight is 371 g/mol. The number of aromatic nitrogens is 1. The standard InChI is InChI=1S/C22H14FN3S/c23-18-10-8-16(9-11-18)21-14-27-22(26-21)17(12-24)13-25-20-7-3-5-15-4-1-2-6-19(15)20/h1-11,13-14,25H/b17-13-. The molecule has 0 bridgehead atoms. The highest BCUT2D eigenvalue weighted by atomic mass is 32.1. The molecule has 0 atom stereocenters. The first-order valence-corrected chi connectivity index (χ1v) is 9.19. The number of rotatable bonds is 4. The molecule has 0 aliphatic carbocycles. The van der Waals surface area contributed by atoms with Gasteiger partial charge in [0.1, 0.15) is 22.5 Å². The van der Waals surface area contributed by atoms with E-state index in [0.29, 0.717) is 10.6 Å². The molecule has 0 saturated heterocycles. The molecule has 0 aliphatic rings. The van der Waals surface area contributed by atoms with Crippen LogP contribution in [-0.4, -0.2) is 4.98 Å². The third-order valence-corrected chi connectivity index (χ3v) is 5.03. The first kappa shape index (κ1) is 17.0. The summed E-state index contributed by atoms with van der Waals surface area (Å²) in [6.45, 7) is 0. The maximum absolute atomic E-state index is 13.1. The molecule has 27 heavy (non-hydrogen) atoms. The molecule has 1 aromatic heterocycles. The first-order chi connectivity index (χ1) is 13.2. The quantitative estimate of drug-likeness (QED) is 0.442. The summed E-state index contributed by atoms with van der Waals surface area (Å²) < 4.78 is 13.1. The van der Waals surface area contributed by atoms with Crippen LogP contribution in [0.15, 0.2) is 78.3 Å². The molecule has 1 N–H and O–H groups in total. The maximum Gasteiger partial charge on any atom is 0.136 e. The van der Waals surface area contributed by atoms with E-state index in [9.17, 15) is 9.65 Å². The molecule has 4 aromatic rings. The molecule has 0 radical (unpaired) electrons. The number of anilines is 1. The largest absolute Gasteiger partial charge is 0.360 e. The number of allylic oxidation sites excluding steroid dienone is 1. The van der Waals surface area contributed by atoms with Gasteiger partial charge in [-0.15, -0.1) is 11.3 Å². The number of nitrogens with one attached hydrogen (secondary N) is 1. The Morgan fingerprint density at radius 2 is 1.81 bits per heavy atom. The Labute approximate surface area is 160 Å². The lowest BCUT2D eigenvalue weighted by molar-refractivity contribution is 0.628. The number of hydrogen-bond donors (Lipinski definition) is 1. The number of nitrogens with zero attached hydrogens (tertiary/aromatic N) is 2. The van der Waals surface area contributed by atoms with Crippen molar-refractivity contribution in [2.75, 3.05) is 5.32 Å². The third kappa shape index (κ3) is 3.57. The van der Waals surface area contributed by atoms with Gasteiger partial charge < -0.3 is 5.32 Å². The molecular formula is C22H14FN3S. The second-order valence-electron chi connectivity index (χ2n) is 5.89. The van der Waals surface area contributed by atoms with Crippen molar-refractivity contribution in [1.82, 2.24) is 4.98 Å². The Kier molecular flexibility index (Phi) is 4.65. The third-order valence-electron chi connectivity index (χ3n) is 4.16. The van der Waals surface area contributed by atoms with Crippen LogP contribution in [0.1, 0.15) is 5.01 Å². The lowest BCUT2D eigenvalue weighted by Crippen LogP contribution is -1.92. The second kappa shape index (κ2) is 7.40. The first-order valence-electron chi connectivity index (χ1n) is 8.31. The van der Waals surface area contributed by atoms with Gasteiger partial charge in [-0.2, -0.15) is 5.26 Å². The van der Waals surface area contributed by atoms with Gasteiger partial charge in [-0.3, -0.25) is 0 Å². The van der Waals surface area contributed by atoms with Crippen LogP contribution in [-0.2, 0) is 0 Å². The smallest absolute Gasteiger partial charge is 0.136 e. The molecule has 0 spiro atoms. The van der Waals surface area contributed by atoms with E-state index in [1.165, 1.54) is 23.5 Å². The zero-order valence-electron chi connectivity index (χ0n) is 14.2. The van der Waals surface area contributed by atoms with Crippen molar-refractivity contribution in [3.63, 3.8) is 0 Å². The second-order valence-corrected chi connectivity index (χ2v) is 6.74. The van der Waals surface area contributed by atoms with Gasteiger partial charge in [-0.05, 0) is 35.7 Å². The fraction of sp³-hybridized carbons (Fsp3) is 0. The summed E-state index contributed by atoms with van der Waals surface area (Å²) in [5.41, 5.74) is 2.91. The van der Waals surface area contributed by atoms with E-state index in [4.69, 9.17) is 0 Å². The highest BCUT2D eigenvalue weighted by molar-refractivity contribution is 7.11. The summed E-state index contributed by atoms with van der Waals surface area (Å²) >= 11 is 1.38. The van der Waals surface area contributed by atoms with Crippen molar-refractivity contribution in [3.05, 3.63) is 89.1 Å². The van der Waals surface area contributed by atoms with Gasteiger partial charge in [0.2, 0.25) is 0 Å². The molecule has 0 unspecified atom stereocenters. The van der Waals surface area contributed by atoms with E-state index in [1.54, 1.807) is 18.3 Å². The molecule has 3 aromatic carbocycles. The highest BCUT2D eigenvalue weighted by Crippen LogP contribution is 2.27. The number of hydrogen-bond acceptors (Lipinski definition) is 4. The zero-order valence-corrected chi connectivity index (χ0v) is 15.0. The Morgan fingerprint density at radius 1 is 1.04 bits per heavy atom. The lowest BCUT2D eigenvalue weighted by Gasteiger charge is -2.06. The number of thiazole rings is 1. The average Bonchev–Trinajstić information content (AvgIpc) is 3.19. The maximum atomic E-state index is 13.1. The van der Waals surface area contributed by atoms with Gasteiger partial charge in [-0.1, -0.05) is 36.4 Å². The van der Waals surface area contributed by atoms with Crippen LogP contribution in [0.5, 0.6) is 0 Å². The summed E-state index contributed by atoms with van der Waals surface area (Å²) in [7, 11) is 0. The topological polar surface area (TPSA) is 48.7 Å². The molecule has 0 amide bonds. The Bertz CT molecular complexity index is 1160. The van der Waals surface area contributed by atoms with Gasteiger partial charge in [-0.25, -0.2) is 9.37 Å². The van der Waals surface area contributed by atoms with Crippen LogP contribution >= 0.6 is 11.3 Å². The summed E-state index contributed by atoms with van der Waals surface area (Å²) in [6.07, 6.45) is 1.68. The van der Waals surface area contributed by atoms with Crippen molar-refractivity contribution in [2.45, 2.75) is 0 Å². The molecule has 1 heterocycles. The minimum absolute atomic E-state index is 0.286. The van der Waals surface area contributed by atoms with Crippen LogP contribution < -0.4 is 5.32 Å². The summed E-state index contributed by atoms with van der Waals surface area (Å²) in [4.78, 5) is 4.52. The van der Waals surface area contributed by atoms with Gasteiger partial charge >= 0.3 is 0 Å². The molecular weight excluding hydrogens is 357 g/mol. The Balaban J connectivity index is 1.62. The van der Waals surface area contributed by atoms with Crippen LogP contribution in [0.4, 0.5) is 10.1 Å². The number of nitriles is 1. The summed E-state index contributed by atoms with van der Waals surface area (Å²) in [5.74, 6) is -0.286. The van der Waals surface area contributed by atoms with Crippen molar-refractivity contribution in [2.24, 2.45) is 0 Å². The number of halogens is 1. The van der Waals surface area contributed by atoms with Crippen molar-refractivity contribution in [3.8, 4) is 17.3 Å². The number of fused-ring (bicyclic) bond motifs is 1. The zero-order chi connectivity index (χ0) is 18.6. The lowest BCUT2D eigenvalue weighted by atomic mass is 10.1. The molecule has 0 saturated carbocycles. The minimum atomic E-state index is -0.286. The predicted molar refractivity (Wildman–Crippen MR) is 109 cm³/mol. The number of benzene rings is 3. The van der Waals surface area contributed by atoms with Crippen molar-refractivity contribution >= 4 is 33.4 Å². The van der Waals surface area contributed by atoms with Crippen LogP contribution in [0.3, 0.4) is 0 Å². The van der Waals surface area contributed by atoms with E-state index >= 15 is 0 Å². The predicted octanol–water partition coefficient (Wildman–Crippen LogP) is 6.08. The molecule has 4 rings (SSSR count). The van der Waals surface area contributed by atoms with Crippen LogP contribution in [0.25, 0.3) is 27.6 Å². The normalized spacial score (nSPS) is 11.3. The molecule has 5 heteroatoms. The highest BCUT2D eigenvalue weighted by Gasteiger charge is 2.09. The molecule has 3 nitrogen and oxygen atoms in total. The molecule has 0 aliphatic heterocycles. The van der Waals surface area contributed by atoms with Gasteiger partial charge in [0, 0.05) is 28.2 Å².